The van der Waals surface area contributed by atoms with Gasteiger partial charge in [-0.05, 0) is 36.8 Å². The van der Waals surface area contributed by atoms with Crippen LogP contribution >= 0.6 is 0 Å². The molecule has 0 amide bonds. The van der Waals surface area contributed by atoms with Gasteiger partial charge < -0.3 is 14.5 Å². The Morgan fingerprint density at radius 1 is 0.900 bits per heavy atom. The van der Waals surface area contributed by atoms with E-state index >= 15 is 0 Å². The highest BCUT2D eigenvalue weighted by Gasteiger charge is 2.11. The summed E-state index contributed by atoms with van der Waals surface area (Å²) in [6, 6.07) is 14.3. The number of aromatic amines is 1. The molecule has 0 aliphatic rings. The Hall–Kier alpha value is -2.42. The number of benzene rings is 2. The highest BCUT2D eigenvalue weighted by Crippen LogP contribution is 2.35. The number of rotatable bonds is 3. The van der Waals surface area contributed by atoms with Crippen LogP contribution in [0, 0.1) is 6.92 Å². The van der Waals surface area contributed by atoms with Gasteiger partial charge in [-0.1, -0.05) is 18.2 Å². The second-order valence-electron chi connectivity index (χ2n) is 4.74. The van der Waals surface area contributed by atoms with Crippen LogP contribution in [0.1, 0.15) is 5.56 Å². The van der Waals surface area contributed by atoms with Gasteiger partial charge in [0.2, 0.25) is 0 Å². The third-order valence-corrected chi connectivity index (χ3v) is 3.64. The maximum absolute atomic E-state index is 5.37. The fourth-order valence-electron chi connectivity index (χ4n) is 2.56. The van der Waals surface area contributed by atoms with Crippen molar-refractivity contribution in [3.8, 4) is 22.8 Å². The Morgan fingerprint density at radius 3 is 2.35 bits per heavy atom. The van der Waals surface area contributed by atoms with E-state index in [1.165, 1.54) is 10.9 Å². The van der Waals surface area contributed by atoms with Crippen molar-refractivity contribution < 1.29 is 9.47 Å². The van der Waals surface area contributed by atoms with Crippen LogP contribution in [0.5, 0.6) is 11.5 Å². The van der Waals surface area contributed by atoms with Gasteiger partial charge in [0.25, 0.3) is 0 Å². The molecule has 1 aromatic heterocycles. The van der Waals surface area contributed by atoms with Crippen LogP contribution in [0.3, 0.4) is 0 Å². The first kappa shape index (κ1) is 12.6. The van der Waals surface area contributed by atoms with E-state index in [1.807, 2.05) is 24.3 Å². The summed E-state index contributed by atoms with van der Waals surface area (Å²) in [5, 5.41) is 1.25. The molecule has 3 heteroatoms. The fourth-order valence-corrected chi connectivity index (χ4v) is 2.56. The number of fused-ring (bicyclic) bond motifs is 1. The van der Waals surface area contributed by atoms with Gasteiger partial charge >= 0.3 is 0 Å². The van der Waals surface area contributed by atoms with Gasteiger partial charge in [0.1, 0.15) is 0 Å². The highest BCUT2D eigenvalue weighted by atomic mass is 16.5. The molecule has 1 heterocycles. The lowest BCUT2D eigenvalue weighted by atomic mass is 10.1. The van der Waals surface area contributed by atoms with Gasteiger partial charge in [-0.2, -0.15) is 0 Å². The molecule has 0 spiro atoms. The zero-order valence-corrected chi connectivity index (χ0v) is 11.9. The van der Waals surface area contributed by atoms with Crippen LogP contribution in [-0.4, -0.2) is 19.2 Å². The van der Waals surface area contributed by atoms with Crippen molar-refractivity contribution in [2.45, 2.75) is 6.92 Å². The molecule has 2 aromatic carbocycles. The summed E-state index contributed by atoms with van der Waals surface area (Å²) in [4.78, 5) is 3.47. The molecule has 3 rings (SSSR count). The zero-order valence-electron chi connectivity index (χ0n) is 11.9. The lowest BCUT2D eigenvalue weighted by Crippen LogP contribution is -1.91. The first-order chi connectivity index (χ1) is 9.74. The van der Waals surface area contributed by atoms with E-state index < -0.39 is 0 Å². The number of aromatic nitrogens is 1. The molecule has 3 nitrogen and oxygen atoms in total. The van der Waals surface area contributed by atoms with Gasteiger partial charge in [0.15, 0.2) is 11.5 Å². The van der Waals surface area contributed by atoms with E-state index in [0.717, 1.165) is 28.3 Å². The second kappa shape index (κ2) is 4.93. The number of para-hydroxylation sites is 1. The fraction of sp³-hybridized carbons (Fsp3) is 0.176. The maximum Gasteiger partial charge on any atom is 0.161 e. The molecule has 1 N–H and O–H groups in total. The van der Waals surface area contributed by atoms with E-state index in [2.05, 4.69) is 30.1 Å². The number of nitrogens with one attached hydrogen (secondary N) is 1. The van der Waals surface area contributed by atoms with Crippen LogP contribution in [0.25, 0.3) is 22.2 Å². The van der Waals surface area contributed by atoms with Gasteiger partial charge in [-0.25, -0.2) is 0 Å². The number of hydrogen-bond donors (Lipinski definition) is 1. The molecule has 102 valence electrons. The van der Waals surface area contributed by atoms with E-state index in [4.69, 9.17) is 9.47 Å². The predicted octanol–water partition coefficient (Wildman–Crippen LogP) is 4.16. The van der Waals surface area contributed by atoms with Crippen molar-refractivity contribution in [2.75, 3.05) is 14.2 Å². The van der Waals surface area contributed by atoms with E-state index in [-0.39, 0.29) is 0 Å². The third-order valence-electron chi connectivity index (χ3n) is 3.64. The first-order valence-corrected chi connectivity index (χ1v) is 6.54. The average molecular weight is 267 g/mol. The van der Waals surface area contributed by atoms with E-state index in [9.17, 15) is 0 Å². The summed E-state index contributed by atoms with van der Waals surface area (Å²) >= 11 is 0. The molecule has 0 fully saturated rings. The first-order valence-electron chi connectivity index (χ1n) is 6.54. The Kier molecular flexibility index (Phi) is 3.11. The Labute approximate surface area is 118 Å². The zero-order chi connectivity index (χ0) is 14.1. The summed E-state index contributed by atoms with van der Waals surface area (Å²) in [5.74, 6) is 1.48. The standard InChI is InChI=1S/C17H17NO2/c1-11-13-6-4-5-7-14(13)18-17(11)12-8-9-15(19-2)16(10-12)20-3/h4-10,18H,1-3H3. The molecule has 0 atom stereocenters. The van der Waals surface area contributed by atoms with Crippen molar-refractivity contribution in [3.63, 3.8) is 0 Å². The molecule has 0 aliphatic carbocycles. The number of H-pyrrole nitrogens is 1. The Balaban J connectivity index is 2.18. The lowest BCUT2D eigenvalue weighted by Gasteiger charge is -2.09. The van der Waals surface area contributed by atoms with Gasteiger partial charge in [-0.15, -0.1) is 0 Å². The normalized spacial score (nSPS) is 10.8. The van der Waals surface area contributed by atoms with Crippen LogP contribution in [0.4, 0.5) is 0 Å². The quantitative estimate of drug-likeness (QED) is 0.773. The van der Waals surface area contributed by atoms with Crippen LogP contribution in [0.15, 0.2) is 42.5 Å². The molecule has 20 heavy (non-hydrogen) atoms. The van der Waals surface area contributed by atoms with Crippen molar-refractivity contribution >= 4 is 10.9 Å². The van der Waals surface area contributed by atoms with E-state index in [1.54, 1.807) is 14.2 Å². The number of hydrogen-bond acceptors (Lipinski definition) is 2. The minimum absolute atomic E-state index is 0.739. The predicted molar refractivity (Wildman–Crippen MR) is 81.6 cm³/mol. The topological polar surface area (TPSA) is 34.2 Å². The van der Waals surface area contributed by atoms with Gasteiger partial charge in [-0.3, -0.25) is 0 Å². The highest BCUT2D eigenvalue weighted by molar-refractivity contribution is 5.90. The van der Waals surface area contributed by atoms with Crippen LogP contribution in [-0.2, 0) is 0 Å². The van der Waals surface area contributed by atoms with Crippen LogP contribution < -0.4 is 9.47 Å². The number of aryl methyl sites for hydroxylation is 1. The smallest absolute Gasteiger partial charge is 0.161 e. The molecule has 0 radical (unpaired) electrons. The maximum atomic E-state index is 5.37. The molecule has 0 saturated carbocycles. The SMILES string of the molecule is COc1ccc(-c2[nH]c3ccccc3c2C)cc1OC. The Morgan fingerprint density at radius 2 is 1.65 bits per heavy atom. The van der Waals surface area contributed by atoms with E-state index in [0.29, 0.717) is 0 Å². The summed E-state index contributed by atoms with van der Waals surface area (Å²) < 4.78 is 10.7. The number of methoxy groups -OCH3 is 2. The summed E-state index contributed by atoms with van der Waals surface area (Å²) in [7, 11) is 3.30. The second-order valence-corrected chi connectivity index (χ2v) is 4.74. The Bertz CT molecular complexity index is 759. The summed E-state index contributed by atoms with van der Waals surface area (Å²) in [6.45, 7) is 2.13. The monoisotopic (exact) mass is 267 g/mol. The van der Waals surface area contributed by atoms with Gasteiger partial charge in [0, 0.05) is 22.2 Å². The third kappa shape index (κ3) is 1.92. The average Bonchev–Trinajstić information content (AvgIpc) is 2.84. The summed E-state index contributed by atoms with van der Waals surface area (Å²) in [6.07, 6.45) is 0. The molecular formula is C17H17NO2. The minimum atomic E-state index is 0.739. The van der Waals surface area contributed by atoms with Crippen molar-refractivity contribution in [1.82, 2.24) is 4.98 Å². The minimum Gasteiger partial charge on any atom is -0.493 e. The molecule has 3 aromatic rings. The van der Waals surface area contributed by atoms with Gasteiger partial charge in [0.05, 0.1) is 14.2 Å². The molecule has 0 bridgehead atoms. The molecule has 0 unspecified atom stereocenters. The summed E-state index contributed by atoms with van der Waals surface area (Å²) in [5.41, 5.74) is 4.60. The van der Waals surface area contributed by atoms with Crippen molar-refractivity contribution in [2.24, 2.45) is 0 Å². The molecule has 0 aliphatic heterocycles. The van der Waals surface area contributed by atoms with Crippen LogP contribution in [0.2, 0.25) is 0 Å². The van der Waals surface area contributed by atoms with Crippen molar-refractivity contribution in [3.05, 3.63) is 48.0 Å². The van der Waals surface area contributed by atoms with Crippen molar-refractivity contribution in [1.29, 1.82) is 0 Å². The number of ether oxygens (including phenoxy) is 2. The molecular weight excluding hydrogens is 250 g/mol. The largest absolute Gasteiger partial charge is 0.493 e. The molecule has 0 saturated heterocycles. The lowest BCUT2D eigenvalue weighted by molar-refractivity contribution is 0.355.